The monoisotopic (exact) mass is 333 g/mol. The van der Waals surface area contributed by atoms with Crippen molar-refractivity contribution in [3.63, 3.8) is 0 Å². The Morgan fingerprint density at radius 1 is 0.905 bits per heavy atom. The van der Waals surface area contributed by atoms with Gasteiger partial charge in [-0.1, -0.05) is 29.8 Å². The molecule has 0 amide bonds. The molecule has 0 aliphatic rings. The van der Waals surface area contributed by atoms with Gasteiger partial charge in [0.1, 0.15) is 0 Å². The van der Waals surface area contributed by atoms with Gasteiger partial charge in [-0.3, -0.25) is 4.99 Å². The Kier molecular flexibility index (Phi) is 6.21. The Bertz CT molecular complexity index is 670. The molecular formula is C18H20NSV-. The van der Waals surface area contributed by atoms with E-state index in [2.05, 4.69) is 63.9 Å². The maximum Gasteiger partial charge on any atom is 0.0688 e. The molecule has 0 atom stereocenters. The van der Waals surface area contributed by atoms with Crippen molar-refractivity contribution >= 4 is 24.5 Å². The van der Waals surface area contributed by atoms with E-state index in [9.17, 15) is 0 Å². The third kappa shape index (κ3) is 3.76. The van der Waals surface area contributed by atoms with E-state index in [1.165, 1.54) is 27.8 Å². The number of rotatable bonds is 2. The maximum atomic E-state index is 5.53. The molecule has 109 valence electrons. The molecule has 0 aliphatic carbocycles. The fraction of sp³-hybridized carbons (Fsp3) is 0.278. The van der Waals surface area contributed by atoms with Crippen LogP contribution in [0.15, 0.2) is 34.2 Å². The van der Waals surface area contributed by atoms with Crippen molar-refractivity contribution in [2.75, 3.05) is 0 Å². The molecule has 21 heavy (non-hydrogen) atoms. The second kappa shape index (κ2) is 7.26. The van der Waals surface area contributed by atoms with Crippen LogP contribution in [0.3, 0.4) is 0 Å². The summed E-state index contributed by atoms with van der Waals surface area (Å²) in [5, 5.41) is 0. The zero-order valence-electron chi connectivity index (χ0n) is 13.2. The van der Waals surface area contributed by atoms with Crippen molar-refractivity contribution in [2.45, 2.75) is 39.5 Å². The second-order valence-corrected chi connectivity index (χ2v) is 5.77. The molecule has 0 unspecified atom stereocenters. The third-order valence-electron chi connectivity index (χ3n) is 3.90. The predicted octanol–water partition coefficient (Wildman–Crippen LogP) is 4.88. The van der Waals surface area contributed by atoms with Gasteiger partial charge >= 0.3 is 0 Å². The summed E-state index contributed by atoms with van der Waals surface area (Å²) in [6.45, 7) is 10.5. The van der Waals surface area contributed by atoms with Crippen LogP contribution in [0.5, 0.6) is 0 Å². The van der Waals surface area contributed by atoms with Gasteiger partial charge in [0, 0.05) is 24.8 Å². The molecule has 0 saturated heterocycles. The van der Waals surface area contributed by atoms with Crippen LogP contribution in [0.1, 0.15) is 33.4 Å². The minimum absolute atomic E-state index is 0. The molecule has 0 fully saturated rings. The van der Waals surface area contributed by atoms with E-state index < -0.39 is 0 Å². The largest absolute Gasteiger partial charge is 0.779 e. The SMILES string of the molecule is Cc1cc(C=Nc2c(C)cccc2C)c([S-])c(C)c1C.[V]. The number of benzene rings is 2. The molecule has 0 heterocycles. The van der Waals surface area contributed by atoms with Gasteiger partial charge < -0.3 is 12.6 Å². The Labute approximate surface area is 145 Å². The quantitative estimate of drug-likeness (QED) is 0.563. The number of nitrogens with zero attached hydrogens (tertiary/aromatic N) is 1. The predicted molar refractivity (Wildman–Crippen MR) is 89.5 cm³/mol. The van der Waals surface area contributed by atoms with E-state index in [4.69, 9.17) is 12.6 Å². The van der Waals surface area contributed by atoms with Crippen molar-refractivity contribution in [1.82, 2.24) is 0 Å². The molecule has 0 aliphatic heterocycles. The van der Waals surface area contributed by atoms with Crippen LogP contribution < -0.4 is 0 Å². The van der Waals surface area contributed by atoms with Gasteiger partial charge in [0.2, 0.25) is 0 Å². The summed E-state index contributed by atoms with van der Waals surface area (Å²) in [7, 11) is 0. The van der Waals surface area contributed by atoms with Crippen molar-refractivity contribution < 1.29 is 18.6 Å². The molecule has 2 aromatic rings. The summed E-state index contributed by atoms with van der Waals surface area (Å²) < 4.78 is 0. The molecule has 1 radical (unpaired) electrons. The van der Waals surface area contributed by atoms with Crippen molar-refractivity contribution in [3.05, 3.63) is 57.6 Å². The summed E-state index contributed by atoms with van der Waals surface area (Å²) in [6, 6.07) is 8.35. The molecular weight excluding hydrogens is 313 g/mol. The summed E-state index contributed by atoms with van der Waals surface area (Å²) in [5.41, 5.74) is 8.17. The molecule has 3 heteroatoms. The first-order valence-electron chi connectivity index (χ1n) is 6.80. The molecule has 2 aromatic carbocycles. The van der Waals surface area contributed by atoms with Crippen molar-refractivity contribution in [2.24, 2.45) is 4.99 Å². The van der Waals surface area contributed by atoms with Gasteiger partial charge in [-0.2, -0.15) is 4.90 Å². The topological polar surface area (TPSA) is 12.4 Å². The van der Waals surface area contributed by atoms with Crippen molar-refractivity contribution in [1.29, 1.82) is 0 Å². The minimum Gasteiger partial charge on any atom is -0.779 e. The van der Waals surface area contributed by atoms with Crippen LogP contribution >= 0.6 is 0 Å². The van der Waals surface area contributed by atoms with E-state index >= 15 is 0 Å². The Morgan fingerprint density at radius 3 is 2.05 bits per heavy atom. The molecule has 0 N–H and O–H groups in total. The van der Waals surface area contributed by atoms with E-state index in [1.54, 1.807) is 0 Å². The molecule has 2 rings (SSSR count). The van der Waals surface area contributed by atoms with Crippen LogP contribution in [0.4, 0.5) is 5.69 Å². The standard InChI is InChI=1S/C18H21NS.V/c1-11-7-6-8-12(2)17(11)19-10-16-9-13(3)14(4)15(5)18(16)20;/h6-10,20H,1-5H3;/p-1. The minimum atomic E-state index is 0. The van der Waals surface area contributed by atoms with Crippen LogP contribution in [-0.4, -0.2) is 6.21 Å². The van der Waals surface area contributed by atoms with Crippen LogP contribution in [0.25, 0.3) is 0 Å². The van der Waals surface area contributed by atoms with Crippen molar-refractivity contribution in [3.8, 4) is 0 Å². The average Bonchev–Trinajstić information content (AvgIpc) is 2.41. The zero-order valence-corrected chi connectivity index (χ0v) is 15.4. The van der Waals surface area contributed by atoms with E-state index in [0.29, 0.717) is 0 Å². The number of aliphatic imine (C=N–C) groups is 1. The second-order valence-electron chi connectivity index (χ2n) is 5.36. The number of hydrogen-bond acceptors (Lipinski definition) is 2. The molecule has 0 spiro atoms. The normalized spacial score (nSPS) is 10.7. The first-order valence-corrected chi connectivity index (χ1v) is 7.20. The average molecular weight is 333 g/mol. The summed E-state index contributed by atoms with van der Waals surface area (Å²) in [6.07, 6.45) is 1.90. The van der Waals surface area contributed by atoms with Gasteiger partial charge in [-0.15, -0.1) is 0 Å². The smallest absolute Gasteiger partial charge is 0.0688 e. The van der Waals surface area contributed by atoms with Gasteiger partial charge in [-0.05, 0) is 62.4 Å². The summed E-state index contributed by atoms with van der Waals surface area (Å²) >= 11 is 5.53. The van der Waals surface area contributed by atoms with E-state index in [-0.39, 0.29) is 18.6 Å². The van der Waals surface area contributed by atoms with Gasteiger partial charge in [-0.25, -0.2) is 0 Å². The fourth-order valence-electron chi connectivity index (χ4n) is 2.33. The summed E-state index contributed by atoms with van der Waals surface area (Å²) in [4.78, 5) is 5.56. The van der Waals surface area contributed by atoms with Crippen LogP contribution in [0, 0.1) is 34.6 Å². The Morgan fingerprint density at radius 2 is 1.48 bits per heavy atom. The van der Waals surface area contributed by atoms with Gasteiger partial charge in [0.15, 0.2) is 0 Å². The number of para-hydroxylation sites is 1. The molecule has 0 saturated carbocycles. The van der Waals surface area contributed by atoms with E-state index in [1.807, 2.05) is 6.21 Å². The number of hydrogen-bond donors (Lipinski definition) is 0. The van der Waals surface area contributed by atoms with Crippen LogP contribution in [0.2, 0.25) is 0 Å². The molecule has 0 bridgehead atoms. The maximum absolute atomic E-state index is 5.53. The molecule has 1 nitrogen and oxygen atoms in total. The van der Waals surface area contributed by atoms with Gasteiger partial charge in [0.05, 0.1) is 5.69 Å². The zero-order chi connectivity index (χ0) is 14.9. The first kappa shape index (κ1) is 18.0. The van der Waals surface area contributed by atoms with Gasteiger partial charge in [0.25, 0.3) is 0 Å². The Balaban J connectivity index is 0.00000220. The Hall–Kier alpha value is -1.09. The fourth-order valence-corrected chi connectivity index (χ4v) is 2.59. The molecule has 0 aromatic heterocycles. The van der Waals surface area contributed by atoms with Crippen LogP contribution in [-0.2, 0) is 31.2 Å². The van der Waals surface area contributed by atoms with E-state index in [0.717, 1.165) is 16.1 Å². The number of aryl methyl sites for hydroxylation is 3. The summed E-state index contributed by atoms with van der Waals surface area (Å²) in [5.74, 6) is 0. The first-order chi connectivity index (χ1) is 9.41. The third-order valence-corrected chi connectivity index (χ3v) is 4.44.